The molecule has 1 atom stereocenters. The minimum atomic E-state index is 0.721. The van der Waals surface area contributed by atoms with Crippen molar-refractivity contribution in [2.24, 2.45) is 5.92 Å². The number of para-hydroxylation sites is 1. The highest BCUT2D eigenvalue weighted by Gasteiger charge is 2.21. The van der Waals surface area contributed by atoms with E-state index in [9.17, 15) is 0 Å². The standard InChI is InChI=1S/C17H24N4/c1-2-9-18-11-14-6-5-10-21(12-14)17-15-7-3-4-8-16(15)19-13-20-17/h3-4,7-8,13-14,18H,2,5-6,9-12H2,1H3. The fourth-order valence-corrected chi connectivity index (χ4v) is 3.15. The number of nitrogens with one attached hydrogen (secondary N) is 1. The summed E-state index contributed by atoms with van der Waals surface area (Å²) in [4.78, 5) is 11.4. The molecule has 0 bridgehead atoms. The van der Waals surface area contributed by atoms with E-state index in [4.69, 9.17) is 0 Å². The molecule has 0 spiro atoms. The van der Waals surface area contributed by atoms with Crippen molar-refractivity contribution < 1.29 is 0 Å². The second kappa shape index (κ2) is 6.85. The Hall–Kier alpha value is -1.68. The number of hydrogen-bond acceptors (Lipinski definition) is 4. The molecule has 1 N–H and O–H groups in total. The van der Waals surface area contributed by atoms with Crippen LogP contribution < -0.4 is 10.2 Å². The summed E-state index contributed by atoms with van der Waals surface area (Å²) in [5.74, 6) is 1.82. The topological polar surface area (TPSA) is 41.0 Å². The van der Waals surface area contributed by atoms with Gasteiger partial charge in [0.1, 0.15) is 12.1 Å². The van der Waals surface area contributed by atoms with Crippen LogP contribution in [-0.2, 0) is 0 Å². The molecular weight excluding hydrogens is 260 g/mol. The van der Waals surface area contributed by atoms with E-state index in [1.807, 2.05) is 6.07 Å². The van der Waals surface area contributed by atoms with Gasteiger partial charge in [0.05, 0.1) is 5.52 Å². The third kappa shape index (κ3) is 3.32. The third-order valence-electron chi connectivity index (χ3n) is 4.20. The summed E-state index contributed by atoms with van der Waals surface area (Å²) < 4.78 is 0. The maximum atomic E-state index is 4.56. The molecule has 0 saturated carbocycles. The Bertz CT molecular complexity index is 579. The fraction of sp³-hybridized carbons (Fsp3) is 0.529. The Morgan fingerprint density at radius 3 is 3.10 bits per heavy atom. The lowest BCUT2D eigenvalue weighted by Gasteiger charge is -2.34. The van der Waals surface area contributed by atoms with Gasteiger partial charge >= 0.3 is 0 Å². The SMILES string of the molecule is CCCNCC1CCCN(c2ncnc3ccccc23)C1. The molecule has 2 aromatic rings. The van der Waals surface area contributed by atoms with Gasteiger partial charge < -0.3 is 10.2 Å². The van der Waals surface area contributed by atoms with E-state index in [-0.39, 0.29) is 0 Å². The number of benzene rings is 1. The van der Waals surface area contributed by atoms with E-state index in [1.54, 1.807) is 6.33 Å². The molecule has 1 unspecified atom stereocenters. The molecule has 0 radical (unpaired) electrons. The van der Waals surface area contributed by atoms with Gasteiger partial charge in [0, 0.05) is 18.5 Å². The van der Waals surface area contributed by atoms with Crippen molar-refractivity contribution in [3.8, 4) is 0 Å². The average molecular weight is 284 g/mol. The molecule has 2 heterocycles. The molecule has 21 heavy (non-hydrogen) atoms. The lowest BCUT2D eigenvalue weighted by Crippen LogP contribution is -2.40. The zero-order chi connectivity index (χ0) is 14.5. The minimum absolute atomic E-state index is 0.721. The van der Waals surface area contributed by atoms with Gasteiger partial charge in [-0.2, -0.15) is 0 Å². The molecule has 1 aliphatic heterocycles. The van der Waals surface area contributed by atoms with Crippen molar-refractivity contribution >= 4 is 16.7 Å². The monoisotopic (exact) mass is 284 g/mol. The van der Waals surface area contributed by atoms with E-state index in [2.05, 4.69) is 45.3 Å². The molecule has 1 aromatic carbocycles. The zero-order valence-corrected chi connectivity index (χ0v) is 12.8. The molecule has 3 rings (SSSR count). The normalized spacial score (nSPS) is 19.1. The molecular formula is C17H24N4. The highest BCUT2D eigenvalue weighted by molar-refractivity contribution is 5.89. The van der Waals surface area contributed by atoms with Crippen LogP contribution in [0.5, 0.6) is 0 Å². The molecule has 1 aliphatic rings. The number of piperidine rings is 1. The molecule has 4 heteroatoms. The Kier molecular flexibility index (Phi) is 4.65. The van der Waals surface area contributed by atoms with Gasteiger partial charge in [0.15, 0.2) is 0 Å². The zero-order valence-electron chi connectivity index (χ0n) is 12.8. The van der Waals surface area contributed by atoms with Crippen molar-refractivity contribution in [2.45, 2.75) is 26.2 Å². The van der Waals surface area contributed by atoms with Crippen LogP contribution in [0.3, 0.4) is 0 Å². The summed E-state index contributed by atoms with van der Waals surface area (Å²) in [6, 6.07) is 8.29. The van der Waals surface area contributed by atoms with E-state index >= 15 is 0 Å². The molecule has 112 valence electrons. The van der Waals surface area contributed by atoms with Crippen LogP contribution in [0.1, 0.15) is 26.2 Å². The first-order valence-electron chi connectivity index (χ1n) is 8.04. The molecule has 0 aliphatic carbocycles. The van der Waals surface area contributed by atoms with Gasteiger partial charge in [0.2, 0.25) is 0 Å². The van der Waals surface area contributed by atoms with Crippen molar-refractivity contribution in [3.05, 3.63) is 30.6 Å². The first-order chi connectivity index (χ1) is 10.4. The van der Waals surface area contributed by atoms with Crippen molar-refractivity contribution in [1.29, 1.82) is 0 Å². The van der Waals surface area contributed by atoms with Gasteiger partial charge in [-0.3, -0.25) is 0 Å². The molecule has 1 aromatic heterocycles. The number of hydrogen-bond donors (Lipinski definition) is 1. The Morgan fingerprint density at radius 2 is 2.19 bits per heavy atom. The second-order valence-corrected chi connectivity index (χ2v) is 5.87. The van der Waals surface area contributed by atoms with Crippen LogP contribution in [0.2, 0.25) is 0 Å². The van der Waals surface area contributed by atoms with Crippen LogP contribution in [0.15, 0.2) is 30.6 Å². The number of aromatic nitrogens is 2. The van der Waals surface area contributed by atoms with Gasteiger partial charge in [-0.15, -0.1) is 0 Å². The van der Waals surface area contributed by atoms with E-state index in [0.717, 1.165) is 43.4 Å². The first kappa shape index (κ1) is 14.3. The predicted molar refractivity (Wildman–Crippen MR) is 87.6 cm³/mol. The smallest absolute Gasteiger partial charge is 0.139 e. The largest absolute Gasteiger partial charge is 0.356 e. The first-order valence-corrected chi connectivity index (χ1v) is 8.04. The predicted octanol–water partition coefficient (Wildman–Crippen LogP) is 2.85. The summed E-state index contributed by atoms with van der Waals surface area (Å²) in [6.45, 7) is 6.65. The maximum Gasteiger partial charge on any atom is 0.139 e. The number of rotatable bonds is 5. The summed E-state index contributed by atoms with van der Waals surface area (Å²) in [7, 11) is 0. The van der Waals surface area contributed by atoms with Gasteiger partial charge in [0.25, 0.3) is 0 Å². The van der Waals surface area contributed by atoms with Crippen molar-refractivity contribution in [3.63, 3.8) is 0 Å². The van der Waals surface area contributed by atoms with E-state index in [1.165, 1.54) is 24.6 Å². The van der Waals surface area contributed by atoms with Gasteiger partial charge in [-0.05, 0) is 50.4 Å². The summed E-state index contributed by atoms with van der Waals surface area (Å²) in [6.07, 6.45) is 5.45. The average Bonchev–Trinajstić information content (AvgIpc) is 2.55. The quantitative estimate of drug-likeness (QED) is 0.857. The number of anilines is 1. The molecule has 0 amide bonds. The van der Waals surface area contributed by atoms with E-state index < -0.39 is 0 Å². The second-order valence-electron chi connectivity index (χ2n) is 5.87. The molecule has 1 saturated heterocycles. The number of nitrogens with zero attached hydrogens (tertiary/aromatic N) is 3. The van der Waals surface area contributed by atoms with Gasteiger partial charge in [-0.25, -0.2) is 9.97 Å². The fourth-order valence-electron chi connectivity index (χ4n) is 3.15. The van der Waals surface area contributed by atoms with Crippen LogP contribution >= 0.6 is 0 Å². The molecule has 4 nitrogen and oxygen atoms in total. The Labute approximate surface area is 126 Å². The van der Waals surface area contributed by atoms with Crippen LogP contribution in [-0.4, -0.2) is 36.1 Å². The summed E-state index contributed by atoms with van der Waals surface area (Å²) >= 11 is 0. The summed E-state index contributed by atoms with van der Waals surface area (Å²) in [5.41, 5.74) is 1.04. The maximum absolute atomic E-state index is 4.56. The van der Waals surface area contributed by atoms with Crippen LogP contribution in [0.25, 0.3) is 10.9 Å². The van der Waals surface area contributed by atoms with Crippen molar-refractivity contribution in [1.82, 2.24) is 15.3 Å². The molecule has 1 fully saturated rings. The Balaban J connectivity index is 1.75. The van der Waals surface area contributed by atoms with Crippen LogP contribution in [0, 0.1) is 5.92 Å². The Morgan fingerprint density at radius 1 is 1.29 bits per heavy atom. The number of fused-ring (bicyclic) bond motifs is 1. The minimum Gasteiger partial charge on any atom is -0.356 e. The van der Waals surface area contributed by atoms with Crippen LogP contribution in [0.4, 0.5) is 5.82 Å². The van der Waals surface area contributed by atoms with E-state index in [0.29, 0.717) is 0 Å². The van der Waals surface area contributed by atoms with Crippen molar-refractivity contribution in [2.75, 3.05) is 31.1 Å². The lowest BCUT2D eigenvalue weighted by molar-refractivity contribution is 0.391. The highest BCUT2D eigenvalue weighted by Crippen LogP contribution is 2.26. The summed E-state index contributed by atoms with van der Waals surface area (Å²) in [5, 5.41) is 4.72. The highest BCUT2D eigenvalue weighted by atomic mass is 15.2. The lowest BCUT2D eigenvalue weighted by atomic mass is 9.97. The van der Waals surface area contributed by atoms with Gasteiger partial charge in [-0.1, -0.05) is 19.1 Å². The third-order valence-corrected chi connectivity index (χ3v) is 4.20.